The van der Waals surface area contributed by atoms with Crippen LogP contribution in [0.3, 0.4) is 0 Å². The molecular formula is C13H14ClN3O3. The van der Waals surface area contributed by atoms with Crippen molar-refractivity contribution in [3.63, 3.8) is 0 Å². The van der Waals surface area contributed by atoms with Gasteiger partial charge in [0.15, 0.2) is 0 Å². The highest BCUT2D eigenvalue weighted by molar-refractivity contribution is 6.33. The van der Waals surface area contributed by atoms with Crippen LogP contribution in [0, 0.1) is 30.9 Å². The van der Waals surface area contributed by atoms with Crippen LogP contribution in [0.2, 0.25) is 5.02 Å². The second-order valence-electron chi connectivity index (χ2n) is 4.48. The third kappa shape index (κ3) is 2.91. The maximum Gasteiger partial charge on any atom is 0.288 e. The first-order valence-corrected chi connectivity index (χ1v) is 6.37. The van der Waals surface area contributed by atoms with E-state index in [1.807, 2.05) is 13.8 Å². The van der Waals surface area contributed by atoms with E-state index >= 15 is 0 Å². The molecule has 0 bridgehead atoms. The van der Waals surface area contributed by atoms with E-state index in [9.17, 15) is 10.1 Å². The summed E-state index contributed by atoms with van der Waals surface area (Å²) in [5.41, 5.74) is 2.20. The molecule has 0 saturated heterocycles. The summed E-state index contributed by atoms with van der Waals surface area (Å²) >= 11 is 5.89. The lowest BCUT2D eigenvalue weighted by molar-refractivity contribution is -0.384. The minimum atomic E-state index is -0.500. The lowest BCUT2D eigenvalue weighted by Gasteiger charge is -2.08. The van der Waals surface area contributed by atoms with Crippen LogP contribution in [0.5, 0.6) is 0 Å². The van der Waals surface area contributed by atoms with Gasteiger partial charge in [-0.3, -0.25) is 10.1 Å². The molecule has 0 spiro atoms. The summed E-state index contributed by atoms with van der Waals surface area (Å²) in [6, 6.07) is 2.98. The molecule has 0 aliphatic rings. The first-order valence-electron chi connectivity index (χ1n) is 6.00. The van der Waals surface area contributed by atoms with Crippen LogP contribution in [0.1, 0.15) is 22.9 Å². The van der Waals surface area contributed by atoms with E-state index in [-0.39, 0.29) is 10.7 Å². The highest BCUT2D eigenvalue weighted by Gasteiger charge is 2.15. The molecule has 2 aromatic rings. The molecule has 0 atom stereocenters. The average Bonchev–Trinajstić information content (AvgIpc) is 2.69. The maximum atomic E-state index is 10.8. The fourth-order valence-electron chi connectivity index (χ4n) is 1.78. The number of hydrogen-bond acceptors (Lipinski definition) is 5. The maximum absolute atomic E-state index is 10.8. The molecule has 1 aromatic carbocycles. The molecule has 0 fully saturated rings. The number of anilines is 1. The summed E-state index contributed by atoms with van der Waals surface area (Å²) in [4.78, 5) is 14.5. The van der Waals surface area contributed by atoms with E-state index in [0.717, 1.165) is 17.0 Å². The van der Waals surface area contributed by atoms with Gasteiger partial charge in [-0.25, -0.2) is 4.98 Å². The van der Waals surface area contributed by atoms with E-state index in [4.69, 9.17) is 16.0 Å². The molecule has 0 unspecified atom stereocenters. The van der Waals surface area contributed by atoms with Gasteiger partial charge < -0.3 is 9.73 Å². The summed E-state index contributed by atoms with van der Waals surface area (Å²) < 4.78 is 5.45. The number of aromatic nitrogens is 1. The summed E-state index contributed by atoms with van der Waals surface area (Å²) in [5, 5.41) is 14.0. The molecular weight excluding hydrogens is 282 g/mol. The smallest absolute Gasteiger partial charge is 0.288 e. The molecule has 0 aliphatic carbocycles. The Hall–Kier alpha value is -2.08. The van der Waals surface area contributed by atoms with Gasteiger partial charge >= 0.3 is 0 Å². The fraction of sp³-hybridized carbons (Fsp3) is 0.308. The second-order valence-corrected chi connectivity index (χ2v) is 4.89. The predicted molar refractivity (Wildman–Crippen MR) is 76.1 cm³/mol. The molecule has 1 aromatic heterocycles. The van der Waals surface area contributed by atoms with Crippen molar-refractivity contribution in [2.24, 2.45) is 0 Å². The zero-order valence-corrected chi connectivity index (χ0v) is 12.1. The number of oxazole rings is 1. The Labute approximate surface area is 120 Å². The highest BCUT2D eigenvalue weighted by atomic mass is 35.5. The third-order valence-electron chi connectivity index (χ3n) is 2.99. The van der Waals surface area contributed by atoms with Crippen LogP contribution < -0.4 is 5.32 Å². The highest BCUT2D eigenvalue weighted by Crippen LogP contribution is 2.30. The number of rotatable bonds is 4. The molecule has 1 heterocycles. The summed E-state index contributed by atoms with van der Waals surface area (Å²) in [5.74, 6) is 1.34. The fourth-order valence-corrected chi connectivity index (χ4v) is 2.01. The van der Waals surface area contributed by atoms with Gasteiger partial charge in [-0.1, -0.05) is 11.6 Å². The van der Waals surface area contributed by atoms with Crippen molar-refractivity contribution in [2.75, 3.05) is 5.32 Å². The normalized spacial score (nSPS) is 10.6. The van der Waals surface area contributed by atoms with Crippen molar-refractivity contribution in [1.82, 2.24) is 4.98 Å². The van der Waals surface area contributed by atoms with Gasteiger partial charge in [0.25, 0.3) is 5.69 Å². The lowest BCUT2D eigenvalue weighted by Crippen LogP contribution is -2.02. The van der Waals surface area contributed by atoms with Crippen molar-refractivity contribution < 1.29 is 9.34 Å². The zero-order valence-electron chi connectivity index (χ0n) is 11.4. The molecule has 1 N–H and O–H groups in total. The summed E-state index contributed by atoms with van der Waals surface area (Å²) in [7, 11) is 0. The van der Waals surface area contributed by atoms with Gasteiger partial charge in [-0.2, -0.15) is 0 Å². The van der Waals surface area contributed by atoms with Gasteiger partial charge in [0.1, 0.15) is 10.8 Å². The number of hydrogen-bond donors (Lipinski definition) is 1. The van der Waals surface area contributed by atoms with Gasteiger partial charge in [0, 0.05) is 11.8 Å². The van der Waals surface area contributed by atoms with Crippen molar-refractivity contribution in [3.8, 4) is 0 Å². The zero-order chi connectivity index (χ0) is 14.9. The van der Waals surface area contributed by atoms with Gasteiger partial charge in [0.05, 0.1) is 17.2 Å². The standard InChI is InChI=1S/C13H14ClN3O3/c1-7-4-12(17(18)19)10(14)5-11(7)15-6-13-16-8(2)9(3)20-13/h4-5,15H,6H2,1-3H3. The quantitative estimate of drug-likeness (QED) is 0.686. The van der Waals surface area contributed by atoms with Crippen LogP contribution in [0.4, 0.5) is 11.4 Å². The number of benzene rings is 1. The molecule has 2 rings (SSSR count). The number of aryl methyl sites for hydroxylation is 3. The van der Waals surface area contributed by atoms with E-state index in [1.165, 1.54) is 12.1 Å². The molecule has 20 heavy (non-hydrogen) atoms. The SMILES string of the molecule is Cc1cc([N+](=O)[O-])c(Cl)cc1NCc1nc(C)c(C)o1. The van der Waals surface area contributed by atoms with Crippen LogP contribution in [-0.2, 0) is 6.54 Å². The Morgan fingerprint density at radius 3 is 2.65 bits per heavy atom. The predicted octanol–water partition coefficient (Wildman–Crippen LogP) is 3.77. The number of nitrogens with one attached hydrogen (secondary N) is 1. The number of nitrogens with zero attached hydrogens (tertiary/aromatic N) is 2. The first kappa shape index (κ1) is 14.3. The molecule has 106 valence electrons. The largest absolute Gasteiger partial charge is 0.444 e. The Bertz CT molecular complexity index is 648. The number of nitro benzene ring substituents is 1. The van der Waals surface area contributed by atoms with Crippen LogP contribution in [-0.4, -0.2) is 9.91 Å². The molecule has 6 nitrogen and oxygen atoms in total. The average molecular weight is 296 g/mol. The van der Waals surface area contributed by atoms with Gasteiger partial charge in [0.2, 0.25) is 5.89 Å². The molecule has 0 radical (unpaired) electrons. The van der Waals surface area contributed by atoms with Crippen molar-refractivity contribution in [3.05, 3.63) is 50.2 Å². The molecule has 0 aliphatic heterocycles. The Kier molecular flexibility index (Phi) is 3.94. The van der Waals surface area contributed by atoms with Crippen LogP contribution >= 0.6 is 11.6 Å². The first-order chi connectivity index (χ1) is 9.38. The Morgan fingerprint density at radius 2 is 2.10 bits per heavy atom. The third-order valence-corrected chi connectivity index (χ3v) is 3.30. The van der Waals surface area contributed by atoms with Gasteiger partial charge in [-0.15, -0.1) is 0 Å². The van der Waals surface area contributed by atoms with Crippen molar-refractivity contribution in [2.45, 2.75) is 27.3 Å². The molecule has 7 heteroatoms. The van der Waals surface area contributed by atoms with Gasteiger partial charge in [-0.05, 0) is 32.4 Å². The van der Waals surface area contributed by atoms with Crippen LogP contribution in [0.25, 0.3) is 0 Å². The van der Waals surface area contributed by atoms with Crippen molar-refractivity contribution >= 4 is 23.0 Å². The Morgan fingerprint density at radius 1 is 1.40 bits per heavy atom. The van der Waals surface area contributed by atoms with E-state index in [1.54, 1.807) is 6.92 Å². The van der Waals surface area contributed by atoms with Crippen LogP contribution in [0.15, 0.2) is 16.5 Å². The van der Waals surface area contributed by atoms with E-state index in [0.29, 0.717) is 18.1 Å². The minimum Gasteiger partial charge on any atom is -0.444 e. The summed E-state index contributed by atoms with van der Waals surface area (Å²) in [6.07, 6.45) is 0. The topological polar surface area (TPSA) is 81.2 Å². The molecule has 0 amide bonds. The second kappa shape index (κ2) is 5.50. The summed E-state index contributed by atoms with van der Waals surface area (Å²) in [6.45, 7) is 5.89. The Balaban J connectivity index is 2.17. The number of nitro groups is 1. The lowest BCUT2D eigenvalue weighted by atomic mass is 10.2. The van der Waals surface area contributed by atoms with Crippen molar-refractivity contribution in [1.29, 1.82) is 0 Å². The van der Waals surface area contributed by atoms with E-state index < -0.39 is 4.92 Å². The number of halogens is 1. The minimum absolute atomic E-state index is 0.0995. The monoisotopic (exact) mass is 295 g/mol. The molecule has 0 saturated carbocycles. The van der Waals surface area contributed by atoms with E-state index in [2.05, 4.69) is 10.3 Å².